The number of ketones is 1. The number of alkyl halides is 3. The molecule has 8 heteroatoms. The van der Waals surface area contributed by atoms with E-state index in [1.807, 2.05) is 24.3 Å². The van der Waals surface area contributed by atoms with Gasteiger partial charge in [0.25, 0.3) is 0 Å². The average molecular weight is 521 g/mol. The molecule has 2 aromatic carbocycles. The molecule has 2 unspecified atom stereocenters. The Balaban J connectivity index is 1.16. The van der Waals surface area contributed by atoms with Crippen molar-refractivity contribution in [3.63, 3.8) is 0 Å². The minimum atomic E-state index is -4.61. The predicted molar refractivity (Wildman–Crippen MR) is 135 cm³/mol. The number of piperidine rings is 2. The van der Waals surface area contributed by atoms with Crippen LogP contribution in [-0.4, -0.2) is 40.5 Å². The predicted octanol–water partition coefficient (Wildman–Crippen LogP) is 6.87. The molecule has 1 aliphatic carbocycles. The second-order valence-electron chi connectivity index (χ2n) is 10.4. The molecule has 2 aliphatic heterocycles. The lowest BCUT2D eigenvalue weighted by molar-refractivity contribution is -0.141. The van der Waals surface area contributed by atoms with Crippen LogP contribution in [0.3, 0.4) is 0 Å². The van der Waals surface area contributed by atoms with Crippen LogP contribution >= 0.6 is 0 Å². The lowest BCUT2D eigenvalue weighted by Crippen LogP contribution is -2.56. The molecular formula is C30H27F3N2O3. The third-order valence-electron chi connectivity index (χ3n) is 8.18. The molecule has 6 rings (SSSR count). The van der Waals surface area contributed by atoms with Gasteiger partial charge in [0, 0.05) is 23.9 Å². The number of hydrogen-bond acceptors (Lipinski definition) is 4. The van der Waals surface area contributed by atoms with Gasteiger partial charge in [0.1, 0.15) is 18.0 Å². The Bertz CT molecular complexity index is 1330. The van der Waals surface area contributed by atoms with Crippen molar-refractivity contribution in [1.29, 1.82) is 0 Å². The smallest absolute Gasteiger partial charge is 0.433 e. The SMILES string of the molecule is O=C(c1cccc(C(F)(F)F)n1)C1CC2CCCC(C1)N2C(=O)OCC1c2ccccc2-c2ccccc21. The fourth-order valence-corrected chi connectivity index (χ4v) is 6.50. The van der Waals surface area contributed by atoms with E-state index in [1.165, 1.54) is 12.1 Å². The molecule has 0 spiro atoms. The minimum Gasteiger partial charge on any atom is -0.448 e. The quantitative estimate of drug-likeness (QED) is 0.353. The first-order chi connectivity index (χ1) is 18.3. The van der Waals surface area contributed by atoms with Crippen LogP contribution in [-0.2, 0) is 10.9 Å². The Morgan fingerprint density at radius 2 is 1.47 bits per heavy atom. The van der Waals surface area contributed by atoms with Gasteiger partial charge in [0.15, 0.2) is 5.78 Å². The highest BCUT2D eigenvalue weighted by Crippen LogP contribution is 2.45. The maximum absolute atomic E-state index is 13.4. The van der Waals surface area contributed by atoms with Crippen molar-refractivity contribution in [3.05, 3.63) is 89.2 Å². The molecular weight excluding hydrogens is 493 g/mol. The van der Waals surface area contributed by atoms with Crippen molar-refractivity contribution in [2.24, 2.45) is 5.92 Å². The van der Waals surface area contributed by atoms with Gasteiger partial charge in [-0.25, -0.2) is 9.78 Å². The van der Waals surface area contributed by atoms with Crippen LogP contribution in [0.25, 0.3) is 11.1 Å². The number of aromatic nitrogens is 1. The normalized spacial score (nSPS) is 22.5. The molecule has 5 nitrogen and oxygen atoms in total. The number of carbonyl (C=O) groups excluding carboxylic acids is 2. The van der Waals surface area contributed by atoms with E-state index in [0.717, 1.165) is 47.6 Å². The molecule has 38 heavy (non-hydrogen) atoms. The third kappa shape index (κ3) is 4.36. The summed E-state index contributed by atoms with van der Waals surface area (Å²) in [6.07, 6.45) is -1.79. The van der Waals surface area contributed by atoms with Gasteiger partial charge in [-0.15, -0.1) is 0 Å². The molecule has 1 aromatic heterocycles. The first-order valence-electron chi connectivity index (χ1n) is 13.0. The lowest BCUT2D eigenvalue weighted by atomic mass is 9.76. The Kier molecular flexibility index (Phi) is 6.20. The number of fused-ring (bicyclic) bond motifs is 5. The Labute approximate surface area is 218 Å². The first kappa shape index (κ1) is 24.6. The van der Waals surface area contributed by atoms with Crippen LogP contribution in [0.2, 0.25) is 0 Å². The summed E-state index contributed by atoms with van der Waals surface area (Å²) in [5.41, 5.74) is 3.35. The summed E-state index contributed by atoms with van der Waals surface area (Å²) >= 11 is 0. The summed E-state index contributed by atoms with van der Waals surface area (Å²) in [5, 5.41) is 0. The number of halogens is 3. The standard InChI is InChI=1S/C30H27F3N2O3/c31-30(32,33)27-14-6-13-26(34-27)28(36)18-15-19-7-5-8-20(16-18)35(19)29(37)38-17-25-23-11-3-1-9-21(23)22-10-2-4-12-24(22)25/h1-4,6,9-14,18-20,25H,5,7-8,15-17H2. The van der Waals surface area contributed by atoms with Gasteiger partial charge < -0.3 is 9.64 Å². The minimum absolute atomic E-state index is 0.0442. The lowest BCUT2D eigenvalue weighted by Gasteiger charge is -2.47. The topological polar surface area (TPSA) is 59.5 Å². The summed E-state index contributed by atoms with van der Waals surface area (Å²) < 4.78 is 45.3. The summed E-state index contributed by atoms with van der Waals surface area (Å²) in [7, 11) is 0. The van der Waals surface area contributed by atoms with Gasteiger partial charge in [-0.2, -0.15) is 13.2 Å². The van der Waals surface area contributed by atoms with Crippen LogP contribution in [0.4, 0.5) is 18.0 Å². The second kappa shape index (κ2) is 9.57. The Morgan fingerprint density at radius 3 is 2.08 bits per heavy atom. The first-order valence-corrected chi connectivity index (χ1v) is 13.0. The zero-order valence-corrected chi connectivity index (χ0v) is 20.7. The van der Waals surface area contributed by atoms with Crippen molar-refractivity contribution in [1.82, 2.24) is 9.88 Å². The highest BCUT2D eigenvalue weighted by atomic mass is 19.4. The fourth-order valence-electron chi connectivity index (χ4n) is 6.50. The number of hydrogen-bond donors (Lipinski definition) is 0. The maximum atomic E-state index is 13.4. The molecule has 2 atom stereocenters. The number of rotatable bonds is 4. The number of pyridine rings is 1. The van der Waals surface area contributed by atoms with Crippen molar-refractivity contribution in [2.45, 2.75) is 56.3 Å². The molecule has 3 aromatic rings. The largest absolute Gasteiger partial charge is 0.448 e. The number of amides is 1. The van der Waals surface area contributed by atoms with Crippen LogP contribution in [0.5, 0.6) is 0 Å². The highest BCUT2D eigenvalue weighted by molar-refractivity contribution is 5.96. The summed E-state index contributed by atoms with van der Waals surface area (Å²) in [6, 6.07) is 19.4. The molecule has 0 saturated carbocycles. The monoisotopic (exact) mass is 520 g/mol. The molecule has 0 N–H and O–H groups in total. The maximum Gasteiger partial charge on any atom is 0.433 e. The molecule has 3 heterocycles. The van der Waals surface area contributed by atoms with Gasteiger partial charge in [-0.05, 0) is 66.5 Å². The van der Waals surface area contributed by atoms with Gasteiger partial charge in [0.2, 0.25) is 0 Å². The number of benzene rings is 2. The number of Topliss-reactive ketones (excluding diaryl/α,β-unsaturated/α-hetero) is 1. The van der Waals surface area contributed by atoms with Gasteiger partial charge >= 0.3 is 12.3 Å². The summed E-state index contributed by atoms with van der Waals surface area (Å²) in [4.78, 5) is 31.9. The van der Waals surface area contributed by atoms with E-state index in [0.29, 0.717) is 12.8 Å². The summed E-state index contributed by atoms with van der Waals surface area (Å²) in [5.74, 6) is -0.906. The molecule has 196 valence electrons. The molecule has 2 saturated heterocycles. The van der Waals surface area contributed by atoms with Crippen molar-refractivity contribution < 1.29 is 27.5 Å². The molecule has 3 aliphatic rings. The van der Waals surface area contributed by atoms with Crippen LogP contribution < -0.4 is 0 Å². The van der Waals surface area contributed by atoms with Crippen LogP contribution in [0, 0.1) is 5.92 Å². The number of carbonyl (C=O) groups is 2. The number of nitrogens with zero attached hydrogens (tertiary/aromatic N) is 2. The van der Waals surface area contributed by atoms with Crippen LogP contribution in [0.1, 0.15) is 65.3 Å². The van der Waals surface area contributed by atoms with E-state index in [4.69, 9.17) is 4.74 Å². The Morgan fingerprint density at radius 1 is 0.868 bits per heavy atom. The highest BCUT2D eigenvalue weighted by Gasteiger charge is 2.44. The van der Waals surface area contributed by atoms with Gasteiger partial charge in [-0.3, -0.25) is 4.79 Å². The fraction of sp³-hybridized carbons (Fsp3) is 0.367. The Hall–Kier alpha value is -3.68. The van der Waals surface area contributed by atoms with E-state index in [9.17, 15) is 22.8 Å². The third-order valence-corrected chi connectivity index (χ3v) is 8.18. The van der Waals surface area contributed by atoms with Crippen LogP contribution in [0.15, 0.2) is 66.7 Å². The van der Waals surface area contributed by atoms with E-state index >= 15 is 0 Å². The van der Waals surface area contributed by atoms with E-state index in [1.54, 1.807) is 4.90 Å². The second-order valence-corrected chi connectivity index (χ2v) is 10.4. The molecule has 2 fully saturated rings. The summed E-state index contributed by atoms with van der Waals surface area (Å²) in [6.45, 7) is 0.222. The molecule has 0 radical (unpaired) electrons. The van der Waals surface area contributed by atoms with Gasteiger partial charge in [-0.1, -0.05) is 54.6 Å². The number of ether oxygens (including phenoxy) is 1. The molecule has 2 bridgehead atoms. The molecule has 1 amide bonds. The van der Waals surface area contributed by atoms with E-state index < -0.39 is 17.8 Å². The van der Waals surface area contributed by atoms with Crippen molar-refractivity contribution in [2.75, 3.05) is 6.61 Å². The van der Waals surface area contributed by atoms with Gasteiger partial charge in [0.05, 0.1) is 0 Å². The average Bonchev–Trinajstić information content (AvgIpc) is 3.24. The van der Waals surface area contributed by atoms with E-state index in [-0.39, 0.29) is 42.2 Å². The van der Waals surface area contributed by atoms with Crippen molar-refractivity contribution in [3.8, 4) is 11.1 Å². The zero-order valence-electron chi connectivity index (χ0n) is 20.7. The zero-order chi connectivity index (χ0) is 26.4. The van der Waals surface area contributed by atoms with E-state index in [2.05, 4.69) is 29.2 Å². The van der Waals surface area contributed by atoms with Crippen molar-refractivity contribution >= 4 is 11.9 Å².